The standard InChI is InChI=1S/C15H18N2OS/c1-11-17(7-8-19-11)15(18)9-12-10-16(2)14-6-4-3-5-13(12)14/h3-6,10-11H,7-9H2,1-2H3. The van der Waals surface area contributed by atoms with Crippen molar-refractivity contribution in [3.05, 3.63) is 36.0 Å². The summed E-state index contributed by atoms with van der Waals surface area (Å²) in [5, 5.41) is 1.51. The highest BCUT2D eigenvalue weighted by Gasteiger charge is 2.26. The fourth-order valence-corrected chi connectivity index (χ4v) is 3.80. The van der Waals surface area contributed by atoms with Gasteiger partial charge < -0.3 is 9.47 Å². The van der Waals surface area contributed by atoms with E-state index in [-0.39, 0.29) is 5.91 Å². The third-order valence-corrected chi connectivity index (χ3v) is 4.93. The molecule has 2 heterocycles. The molecule has 1 aliphatic heterocycles. The van der Waals surface area contributed by atoms with Gasteiger partial charge in [0.2, 0.25) is 5.91 Å². The first-order chi connectivity index (χ1) is 9.16. The molecule has 1 aromatic heterocycles. The lowest BCUT2D eigenvalue weighted by molar-refractivity contribution is -0.130. The van der Waals surface area contributed by atoms with Crippen LogP contribution >= 0.6 is 11.8 Å². The second-order valence-corrected chi connectivity index (χ2v) is 6.44. The maximum atomic E-state index is 12.4. The van der Waals surface area contributed by atoms with E-state index in [1.54, 1.807) is 0 Å². The van der Waals surface area contributed by atoms with Crippen LogP contribution in [0.25, 0.3) is 10.9 Å². The molecule has 1 aromatic carbocycles. The number of hydrogen-bond acceptors (Lipinski definition) is 2. The Hall–Kier alpha value is -1.42. The second-order valence-electron chi connectivity index (χ2n) is 5.02. The molecule has 1 fully saturated rings. The van der Waals surface area contributed by atoms with Gasteiger partial charge in [0.05, 0.1) is 11.8 Å². The fraction of sp³-hybridized carbons (Fsp3) is 0.400. The van der Waals surface area contributed by atoms with Crippen LogP contribution < -0.4 is 0 Å². The zero-order valence-corrected chi connectivity index (χ0v) is 12.1. The Morgan fingerprint density at radius 1 is 1.42 bits per heavy atom. The first kappa shape index (κ1) is 12.6. The smallest absolute Gasteiger partial charge is 0.227 e. The van der Waals surface area contributed by atoms with Gasteiger partial charge in [0.1, 0.15) is 0 Å². The van der Waals surface area contributed by atoms with Crippen LogP contribution in [-0.2, 0) is 18.3 Å². The molecule has 0 spiro atoms. The predicted octanol–water partition coefficient (Wildman–Crippen LogP) is 2.64. The molecule has 0 aliphatic carbocycles. The van der Waals surface area contributed by atoms with Crippen molar-refractivity contribution in [1.29, 1.82) is 0 Å². The molecule has 0 radical (unpaired) electrons. The third kappa shape index (κ3) is 2.25. The molecule has 2 aromatic rings. The van der Waals surface area contributed by atoms with E-state index < -0.39 is 0 Å². The topological polar surface area (TPSA) is 25.2 Å². The maximum Gasteiger partial charge on any atom is 0.227 e. The summed E-state index contributed by atoms with van der Waals surface area (Å²) in [5.74, 6) is 1.30. The van der Waals surface area contributed by atoms with Gasteiger partial charge in [-0.15, -0.1) is 11.8 Å². The van der Waals surface area contributed by atoms with Crippen LogP contribution in [0.3, 0.4) is 0 Å². The number of thioether (sulfide) groups is 1. The summed E-state index contributed by atoms with van der Waals surface area (Å²) in [6.07, 6.45) is 2.59. The first-order valence-electron chi connectivity index (χ1n) is 6.61. The van der Waals surface area contributed by atoms with Gasteiger partial charge >= 0.3 is 0 Å². The zero-order chi connectivity index (χ0) is 13.4. The van der Waals surface area contributed by atoms with Crippen LogP contribution in [0.2, 0.25) is 0 Å². The Bertz CT molecular complexity index is 620. The van der Waals surface area contributed by atoms with Gasteiger partial charge in [-0.05, 0) is 18.6 Å². The van der Waals surface area contributed by atoms with Gasteiger partial charge in [-0.2, -0.15) is 0 Å². The van der Waals surface area contributed by atoms with E-state index >= 15 is 0 Å². The number of benzene rings is 1. The number of para-hydroxylation sites is 1. The zero-order valence-electron chi connectivity index (χ0n) is 11.3. The molecule has 0 N–H and O–H groups in total. The van der Waals surface area contributed by atoms with Crippen LogP contribution in [0.1, 0.15) is 12.5 Å². The summed E-state index contributed by atoms with van der Waals surface area (Å²) in [5.41, 5.74) is 2.32. The van der Waals surface area contributed by atoms with E-state index in [1.807, 2.05) is 35.8 Å². The molecule has 1 unspecified atom stereocenters. The normalized spacial score (nSPS) is 19.3. The molecule has 3 nitrogen and oxygen atoms in total. The van der Waals surface area contributed by atoms with Gasteiger partial charge in [-0.1, -0.05) is 18.2 Å². The van der Waals surface area contributed by atoms with Crippen LogP contribution in [0.5, 0.6) is 0 Å². The molecule has 19 heavy (non-hydrogen) atoms. The van der Waals surface area contributed by atoms with Crippen molar-refractivity contribution in [2.24, 2.45) is 7.05 Å². The number of rotatable bonds is 2. The SMILES string of the molecule is CC1SCCN1C(=O)Cc1cn(C)c2ccccc12. The summed E-state index contributed by atoms with van der Waals surface area (Å²) < 4.78 is 2.10. The van der Waals surface area contributed by atoms with Crippen molar-refractivity contribution >= 4 is 28.6 Å². The number of hydrogen-bond donors (Lipinski definition) is 0. The average molecular weight is 274 g/mol. The highest BCUT2D eigenvalue weighted by atomic mass is 32.2. The molecule has 1 aliphatic rings. The summed E-state index contributed by atoms with van der Waals surface area (Å²) in [7, 11) is 2.03. The van der Waals surface area contributed by atoms with E-state index in [1.165, 1.54) is 10.9 Å². The Kier molecular flexibility index (Phi) is 3.27. The minimum atomic E-state index is 0.244. The molecule has 1 amide bonds. The van der Waals surface area contributed by atoms with Crippen LogP contribution in [-0.4, -0.2) is 33.0 Å². The summed E-state index contributed by atoms with van der Waals surface area (Å²) >= 11 is 1.85. The van der Waals surface area contributed by atoms with Crippen molar-refractivity contribution < 1.29 is 4.79 Å². The lowest BCUT2D eigenvalue weighted by Crippen LogP contribution is -2.34. The number of fused-ring (bicyclic) bond motifs is 1. The number of carbonyl (C=O) groups excluding carboxylic acids is 1. The first-order valence-corrected chi connectivity index (χ1v) is 7.65. The van der Waals surface area contributed by atoms with Crippen molar-refractivity contribution in [3.63, 3.8) is 0 Å². The molecular weight excluding hydrogens is 256 g/mol. The van der Waals surface area contributed by atoms with Crippen molar-refractivity contribution in [1.82, 2.24) is 9.47 Å². The minimum absolute atomic E-state index is 0.244. The molecule has 1 saturated heterocycles. The Labute approximate surface area is 117 Å². The molecule has 1 atom stereocenters. The van der Waals surface area contributed by atoms with E-state index in [9.17, 15) is 4.79 Å². The van der Waals surface area contributed by atoms with Crippen LogP contribution in [0, 0.1) is 0 Å². The molecule has 100 valence electrons. The van der Waals surface area contributed by atoms with Crippen molar-refractivity contribution in [2.45, 2.75) is 18.7 Å². The molecule has 4 heteroatoms. The Morgan fingerprint density at radius 2 is 2.21 bits per heavy atom. The van der Waals surface area contributed by atoms with E-state index in [0.717, 1.165) is 17.9 Å². The quantitative estimate of drug-likeness (QED) is 0.841. The van der Waals surface area contributed by atoms with E-state index in [0.29, 0.717) is 11.8 Å². The summed E-state index contributed by atoms with van der Waals surface area (Å²) in [4.78, 5) is 14.4. The van der Waals surface area contributed by atoms with Crippen molar-refractivity contribution in [2.75, 3.05) is 12.3 Å². The minimum Gasteiger partial charge on any atom is -0.350 e. The summed E-state index contributed by atoms with van der Waals surface area (Å²) in [6, 6.07) is 8.26. The highest BCUT2D eigenvalue weighted by molar-refractivity contribution is 8.00. The third-order valence-electron chi connectivity index (χ3n) is 3.77. The van der Waals surface area contributed by atoms with Crippen LogP contribution in [0.15, 0.2) is 30.5 Å². The highest BCUT2D eigenvalue weighted by Crippen LogP contribution is 2.26. The number of carbonyl (C=O) groups is 1. The fourth-order valence-electron chi connectivity index (χ4n) is 2.75. The second kappa shape index (κ2) is 4.93. The van der Waals surface area contributed by atoms with Gasteiger partial charge in [-0.3, -0.25) is 4.79 Å². The van der Waals surface area contributed by atoms with E-state index in [2.05, 4.69) is 29.8 Å². The largest absolute Gasteiger partial charge is 0.350 e. The molecule has 0 bridgehead atoms. The predicted molar refractivity (Wildman–Crippen MR) is 80.3 cm³/mol. The van der Waals surface area contributed by atoms with Gasteiger partial charge in [0.25, 0.3) is 0 Å². The van der Waals surface area contributed by atoms with Crippen molar-refractivity contribution in [3.8, 4) is 0 Å². The number of aryl methyl sites for hydroxylation is 1. The molecular formula is C15H18N2OS. The monoisotopic (exact) mass is 274 g/mol. The van der Waals surface area contributed by atoms with Gasteiger partial charge in [0, 0.05) is 36.4 Å². The summed E-state index contributed by atoms with van der Waals surface area (Å²) in [6.45, 7) is 2.99. The number of aromatic nitrogens is 1. The number of amides is 1. The Morgan fingerprint density at radius 3 is 2.95 bits per heavy atom. The van der Waals surface area contributed by atoms with Gasteiger partial charge in [-0.25, -0.2) is 0 Å². The molecule has 0 saturated carbocycles. The van der Waals surface area contributed by atoms with Crippen LogP contribution in [0.4, 0.5) is 0 Å². The number of nitrogens with zero attached hydrogens (tertiary/aromatic N) is 2. The Balaban J connectivity index is 1.87. The van der Waals surface area contributed by atoms with Gasteiger partial charge in [0.15, 0.2) is 0 Å². The lowest BCUT2D eigenvalue weighted by Gasteiger charge is -2.20. The maximum absolute atomic E-state index is 12.4. The molecule has 3 rings (SSSR count). The average Bonchev–Trinajstić information content (AvgIpc) is 2.95. The lowest BCUT2D eigenvalue weighted by atomic mass is 10.1. The van der Waals surface area contributed by atoms with E-state index in [4.69, 9.17) is 0 Å².